The van der Waals surface area contributed by atoms with Crippen LogP contribution in [-0.2, 0) is 22.9 Å². The highest BCUT2D eigenvalue weighted by atomic mass is 32.2. The molecule has 1 heterocycles. The molecule has 2 saturated carbocycles. The number of aromatic nitrogens is 2. The van der Waals surface area contributed by atoms with Gasteiger partial charge in [-0.2, -0.15) is 5.10 Å². The van der Waals surface area contributed by atoms with E-state index < -0.39 is 9.84 Å². The summed E-state index contributed by atoms with van der Waals surface area (Å²) >= 11 is 0. The van der Waals surface area contributed by atoms with Crippen molar-refractivity contribution in [1.82, 2.24) is 15.1 Å². The molecule has 0 unspecified atom stereocenters. The highest BCUT2D eigenvalue weighted by Gasteiger charge is 2.31. The molecule has 0 bridgehead atoms. The van der Waals surface area contributed by atoms with E-state index in [4.69, 9.17) is 0 Å². The molecule has 3 rings (SSSR count). The van der Waals surface area contributed by atoms with Crippen LogP contribution in [0.1, 0.15) is 42.9 Å². The number of rotatable bonds is 7. The van der Waals surface area contributed by atoms with Crippen LogP contribution in [0, 0.1) is 0 Å². The Morgan fingerprint density at radius 1 is 1.37 bits per heavy atom. The Hall–Kier alpha value is -0.880. The summed E-state index contributed by atoms with van der Waals surface area (Å²) in [4.78, 5) is 0. The van der Waals surface area contributed by atoms with Gasteiger partial charge >= 0.3 is 0 Å². The lowest BCUT2D eigenvalue weighted by atomic mass is 10.1. The molecule has 2 aliphatic rings. The molecule has 0 atom stereocenters. The van der Waals surface area contributed by atoms with Crippen molar-refractivity contribution < 1.29 is 8.42 Å². The molecule has 106 valence electrons. The van der Waals surface area contributed by atoms with Crippen LogP contribution in [0.2, 0.25) is 0 Å². The SMILES string of the molecule is CS(=O)(=O)CCn1ncc(CNC2CC2)c1C1CC1. The maximum absolute atomic E-state index is 11.3. The second-order valence-corrected chi connectivity index (χ2v) is 8.10. The first-order valence-corrected chi connectivity index (χ1v) is 9.04. The van der Waals surface area contributed by atoms with E-state index in [1.54, 1.807) is 0 Å². The number of hydrogen-bond acceptors (Lipinski definition) is 4. The third-order valence-corrected chi connectivity index (χ3v) is 4.68. The van der Waals surface area contributed by atoms with Crippen LogP contribution in [0.25, 0.3) is 0 Å². The summed E-state index contributed by atoms with van der Waals surface area (Å²) in [6, 6.07) is 0.687. The third-order valence-electron chi connectivity index (χ3n) is 3.76. The molecule has 0 radical (unpaired) electrons. The van der Waals surface area contributed by atoms with E-state index in [9.17, 15) is 8.42 Å². The first-order chi connectivity index (χ1) is 9.03. The van der Waals surface area contributed by atoms with E-state index in [1.165, 1.54) is 43.2 Å². The van der Waals surface area contributed by atoms with Gasteiger partial charge in [0.15, 0.2) is 0 Å². The number of nitrogens with zero attached hydrogens (tertiary/aromatic N) is 2. The predicted molar refractivity (Wildman–Crippen MR) is 73.8 cm³/mol. The fourth-order valence-electron chi connectivity index (χ4n) is 2.37. The van der Waals surface area contributed by atoms with Gasteiger partial charge in [-0.25, -0.2) is 8.42 Å². The summed E-state index contributed by atoms with van der Waals surface area (Å²) in [5, 5.41) is 7.90. The molecule has 6 heteroatoms. The molecule has 1 aromatic rings. The number of sulfone groups is 1. The van der Waals surface area contributed by atoms with E-state index in [1.807, 2.05) is 10.9 Å². The van der Waals surface area contributed by atoms with Gasteiger partial charge in [-0.05, 0) is 25.7 Å². The maximum Gasteiger partial charge on any atom is 0.149 e. The molecule has 0 amide bonds. The minimum Gasteiger partial charge on any atom is -0.310 e. The van der Waals surface area contributed by atoms with Crippen LogP contribution in [-0.4, -0.2) is 36.2 Å². The van der Waals surface area contributed by atoms with Gasteiger partial charge in [0.1, 0.15) is 9.84 Å². The van der Waals surface area contributed by atoms with E-state index in [0.717, 1.165) is 6.54 Å². The first kappa shape index (κ1) is 13.1. The number of nitrogens with one attached hydrogen (secondary N) is 1. The molecule has 5 nitrogen and oxygen atoms in total. The lowest BCUT2D eigenvalue weighted by Gasteiger charge is -2.09. The van der Waals surface area contributed by atoms with Crippen molar-refractivity contribution in [3.8, 4) is 0 Å². The molecule has 0 aliphatic heterocycles. The third kappa shape index (κ3) is 3.57. The van der Waals surface area contributed by atoms with E-state index in [2.05, 4.69) is 10.4 Å². The van der Waals surface area contributed by atoms with E-state index >= 15 is 0 Å². The lowest BCUT2D eigenvalue weighted by Crippen LogP contribution is -2.17. The second-order valence-electron chi connectivity index (χ2n) is 5.84. The van der Waals surface area contributed by atoms with Crippen LogP contribution in [0.3, 0.4) is 0 Å². The first-order valence-electron chi connectivity index (χ1n) is 6.98. The smallest absolute Gasteiger partial charge is 0.149 e. The predicted octanol–water partition coefficient (Wildman–Crippen LogP) is 1.06. The Labute approximate surface area is 114 Å². The molecule has 2 aliphatic carbocycles. The standard InChI is InChI=1S/C13H21N3O2S/c1-19(17,18)7-6-16-13(10-2-3-10)11(9-15-16)8-14-12-4-5-12/h9-10,12,14H,2-8H2,1H3. The van der Waals surface area contributed by atoms with Crippen molar-refractivity contribution in [2.24, 2.45) is 0 Å². The monoisotopic (exact) mass is 283 g/mol. The summed E-state index contributed by atoms with van der Waals surface area (Å²) in [7, 11) is -2.93. The maximum atomic E-state index is 11.3. The van der Waals surface area contributed by atoms with E-state index in [-0.39, 0.29) is 5.75 Å². The van der Waals surface area contributed by atoms with Crippen molar-refractivity contribution in [3.63, 3.8) is 0 Å². The molecular formula is C13H21N3O2S. The summed E-state index contributed by atoms with van der Waals surface area (Å²) in [6.45, 7) is 1.35. The molecular weight excluding hydrogens is 262 g/mol. The van der Waals surface area contributed by atoms with Gasteiger partial charge in [0, 0.05) is 36.0 Å². The molecule has 0 aromatic carbocycles. The average molecular weight is 283 g/mol. The Bertz CT molecular complexity index is 556. The van der Waals surface area contributed by atoms with Crippen molar-refractivity contribution in [1.29, 1.82) is 0 Å². The van der Waals surface area contributed by atoms with Crippen LogP contribution in [0.15, 0.2) is 6.20 Å². The highest BCUT2D eigenvalue weighted by molar-refractivity contribution is 7.90. The van der Waals surface area contributed by atoms with Crippen LogP contribution >= 0.6 is 0 Å². The zero-order chi connectivity index (χ0) is 13.5. The lowest BCUT2D eigenvalue weighted by molar-refractivity contribution is 0.576. The fraction of sp³-hybridized carbons (Fsp3) is 0.769. The summed E-state index contributed by atoms with van der Waals surface area (Å²) < 4.78 is 24.5. The zero-order valence-electron chi connectivity index (χ0n) is 11.3. The Morgan fingerprint density at radius 2 is 2.11 bits per heavy atom. The minimum absolute atomic E-state index is 0.171. The number of aryl methyl sites for hydroxylation is 1. The van der Waals surface area contributed by atoms with Crippen LogP contribution < -0.4 is 5.32 Å². The molecule has 1 N–H and O–H groups in total. The van der Waals surface area contributed by atoms with Gasteiger partial charge in [-0.15, -0.1) is 0 Å². The van der Waals surface area contributed by atoms with Gasteiger partial charge in [-0.1, -0.05) is 0 Å². The van der Waals surface area contributed by atoms with Gasteiger partial charge in [0.25, 0.3) is 0 Å². The van der Waals surface area contributed by atoms with Crippen molar-refractivity contribution in [2.75, 3.05) is 12.0 Å². The quantitative estimate of drug-likeness (QED) is 0.812. The van der Waals surface area contributed by atoms with Crippen LogP contribution in [0.4, 0.5) is 0 Å². The molecule has 0 spiro atoms. The average Bonchev–Trinajstić information content (AvgIpc) is 3.23. The summed E-state index contributed by atoms with van der Waals surface area (Å²) in [5.74, 6) is 0.766. The Balaban J connectivity index is 1.71. The topological polar surface area (TPSA) is 64.0 Å². The number of hydrogen-bond donors (Lipinski definition) is 1. The van der Waals surface area contributed by atoms with Crippen LogP contribution in [0.5, 0.6) is 0 Å². The molecule has 19 heavy (non-hydrogen) atoms. The van der Waals surface area contributed by atoms with Gasteiger partial charge in [0.05, 0.1) is 18.5 Å². The Kier molecular flexibility index (Phi) is 3.39. The zero-order valence-corrected chi connectivity index (χ0v) is 12.1. The minimum atomic E-state index is -2.93. The molecule has 0 saturated heterocycles. The van der Waals surface area contributed by atoms with Gasteiger partial charge in [-0.3, -0.25) is 4.68 Å². The fourth-order valence-corrected chi connectivity index (χ4v) is 2.88. The summed E-state index contributed by atoms with van der Waals surface area (Å²) in [5.41, 5.74) is 2.51. The summed E-state index contributed by atoms with van der Waals surface area (Å²) in [6.07, 6.45) is 8.16. The van der Waals surface area contributed by atoms with Gasteiger partial charge in [0.2, 0.25) is 0 Å². The molecule has 2 fully saturated rings. The second kappa shape index (κ2) is 4.90. The van der Waals surface area contributed by atoms with Gasteiger partial charge < -0.3 is 5.32 Å². The van der Waals surface area contributed by atoms with E-state index in [0.29, 0.717) is 18.5 Å². The van der Waals surface area contributed by atoms with Crippen molar-refractivity contribution >= 4 is 9.84 Å². The van der Waals surface area contributed by atoms with Crippen molar-refractivity contribution in [2.45, 2.75) is 50.7 Å². The Morgan fingerprint density at radius 3 is 2.68 bits per heavy atom. The highest BCUT2D eigenvalue weighted by Crippen LogP contribution is 2.41. The van der Waals surface area contributed by atoms with Crippen molar-refractivity contribution in [3.05, 3.63) is 17.5 Å². The largest absolute Gasteiger partial charge is 0.310 e. The normalized spacial score (nSPS) is 19.8. The molecule has 1 aromatic heterocycles.